The van der Waals surface area contributed by atoms with Gasteiger partial charge >= 0.3 is 0 Å². The van der Waals surface area contributed by atoms with Crippen molar-refractivity contribution in [3.05, 3.63) is 41.4 Å². The van der Waals surface area contributed by atoms with Crippen LogP contribution in [0.3, 0.4) is 0 Å². The van der Waals surface area contributed by atoms with Crippen LogP contribution in [0.5, 0.6) is 0 Å². The average Bonchev–Trinajstić information content (AvgIpc) is 2.16. The molecule has 1 aromatic carbocycles. The molecule has 0 aromatic heterocycles. The highest BCUT2D eigenvalue weighted by Crippen LogP contribution is 2.27. The monoisotopic (exact) mass is 213 g/mol. The first kappa shape index (κ1) is 10.6. The first-order valence-electron chi connectivity index (χ1n) is 3.98. The molecule has 0 spiro atoms. The van der Waals surface area contributed by atoms with Crippen LogP contribution >= 0.6 is 23.4 Å². The van der Waals surface area contributed by atoms with Gasteiger partial charge in [-0.25, -0.2) is 0 Å². The largest absolute Gasteiger partial charge is 0.327 e. The van der Waals surface area contributed by atoms with Crippen LogP contribution in [0.2, 0.25) is 5.02 Å². The fraction of sp³-hybridized carbons (Fsp3) is 0.200. The Kier molecular flexibility index (Phi) is 4.36. The molecule has 13 heavy (non-hydrogen) atoms. The van der Waals surface area contributed by atoms with Crippen molar-refractivity contribution in [1.29, 1.82) is 0 Å². The first-order chi connectivity index (χ1) is 6.24. The Bertz CT molecular complexity index is 299. The number of hydrogen-bond donors (Lipinski definition) is 1. The first-order valence-corrected chi connectivity index (χ1v) is 5.34. The minimum atomic E-state index is 0.539. The summed E-state index contributed by atoms with van der Waals surface area (Å²) in [6.07, 6.45) is 0. The maximum atomic E-state index is 5.97. The highest BCUT2D eigenvalue weighted by molar-refractivity contribution is 7.99. The lowest BCUT2D eigenvalue weighted by Gasteiger charge is -2.04. The Morgan fingerprint density at radius 3 is 2.77 bits per heavy atom. The third-order valence-corrected chi connectivity index (χ3v) is 3.22. The molecule has 0 atom stereocenters. The van der Waals surface area contributed by atoms with Crippen molar-refractivity contribution in [2.75, 3.05) is 12.3 Å². The quantitative estimate of drug-likeness (QED) is 0.615. The van der Waals surface area contributed by atoms with Crippen molar-refractivity contribution >= 4 is 23.4 Å². The standard InChI is InChI=1S/C10H12ClNS/c1-8(6-12)7-13-10-5-3-2-4-9(10)11/h2-5H,1,6-7,12H2. The van der Waals surface area contributed by atoms with Crippen molar-refractivity contribution in [3.8, 4) is 0 Å². The Labute approximate surface area is 88.0 Å². The van der Waals surface area contributed by atoms with E-state index in [9.17, 15) is 0 Å². The number of nitrogens with two attached hydrogens (primary N) is 1. The average molecular weight is 214 g/mol. The molecule has 70 valence electrons. The molecule has 0 fully saturated rings. The fourth-order valence-corrected chi connectivity index (χ4v) is 1.96. The van der Waals surface area contributed by atoms with Gasteiger partial charge in [-0.3, -0.25) is 0 Å². The van der Waals surface area contributed by atoms with E-state index >= 15 is 0 Å². The zero-order chi connectivity index (χ0) is 9.68. The smallest absolute Gasteiger partial charge is 0.0541 e. The molecular weight excluding hydrogens is 202 g/mol. The summed E-state index contributed by atoms with van der Waals surface area (Å²) in [5.41, 5.74) is 6.46. The van der Waals surface area contributed by atoms with Crippen LogP contribution < -0.4 is 5.73 Å². The molecule has 3 heteroatoms. The van der Waals surface area contributed by atoms with E-state index in [1.165, 1.54) is 0 Å². The number of thioether (sulfide) groups is 1. The Balaban J connectivity index is 2.54. The molecule has 2 N–H and O–H groups in total. The molecule has 1 aromatic rings. The maximum absolute atomic E-state index is 5.97. The number of halogens is 1. The Hall–Kier alpha value is -0.440. The van der Waals surface area contributed by atoms with Crippen molar-refractivity contribution in [2.24, 2.45) is 5.73 Å². The van der Waals surface area contributed by atoms with E-state index in [0.717, 1.165) is 21.2 Å². The van der Waals surface area contributed by atoms with Crippen LogP contribution in [0, 0.1) is 0 Å². The van der Waals surface area contributed by atoms with Crippen LogP contribution in [0.15, 0.2) is 41.3 Å². The summed E-state index contributed by atoms with van der Waals surface area (Å²) in [5.74, 6) is 0.834. The van der Waals surface area contributed by atoms with Crippen LogP contribution in [-0.2, 0) is 0 Å². The summed E-state index contributed by atoms with van der Waals surface area (Å²) in [4.78, 5) is 1.08. The topological polar surface area (TPSA) is 26.0 Å². The number of rotatable bonds is 4. The van der Waals surface area contributed by atoms with Gasteiger partial charge in [0.05, 0.1) is 5.02 Å². The van der Waals surface area contributed by atoms with Gasteiger partial charge in [-0.05, 0) is 12.1 Å². The molecule has 0 amide bonds. The van der Waals surface area contributed by atoms with E-state index in [4.69, 9.17) is 17.3 Å². The molecule has 0 aliphatic carbocycles. The predicted molar refractivity (Wildman–Crippen MR) is 60.4 cm³/mol. The van der Waals surface area contributed by atoms with E-state index in [1.807, 2.05) is 24.3 Å². The van der Waals surface area contributed by atoms with E-state index in [2.05, 4.69) is 6.58 Å². The molecule has 0 saturated carbocycles. The molecule has 0 heterocycles. The zero-order valence-corrected chi connectivity index (χ0v) is 8.87. The normalized spacial score (nSPS) is 10.0. The lowest BCUT2D eigenvalue weighted by atomic mass is 10.4. The third kappa shape index (κ3) is 3.43. The highest BCUT2D eigenvalue weighted by Gasteiger charge is 1.99. The van der Waals surface area contributed by atoms with Gasteiger partial charge in [-0.15, -0.1) is 11.8 Å². The van der Waals surface area contributed by atoms with Gasteiger partial charge < -0.3 is 5.73 Å². The highest BCUT2D eigenvalue weighted by atomic mass is 35.5. The summed E-state index contributed by atoms with van der Waals surface area (Å²) in [6.45, 7) is 4.37. The van der Waals surface area contributed by atoms with Crippen molar-refractivity contribution < 1.29 is 0 Å². The van der Waals surface area contributed by atoms with Gasteiger partial charge in [0.2, 0.25) is 0 Å². The Morgan fingerprint density at radius 1 is 1.46 bits per heavy atom. The minimum absolute atomic E-state index is 0.539. The van der Waals surface area contributed by atoms with E-state index < -0.39 is 0 Å². The second kappa shape index (κ2) is 5.32. The molecule has 1 nitrogen and oxygen atoms in total. The molecule has 0 radical (unpaired) electrons. The summed E-state index contributed by atoms with van der Waals surface area (Å²) in [5, 5.41) is 0.789. The van der Waals surface area contributed by atoms with E-state index in [1.54, 1.807) is 11.8 Å². The van der Waals surface area contributed by atoms with Gasteiger partial charge in [0.15, 0.2) is 0 Å². The summed E-state index contributed by atoms with van der Waals surface area (Å²) in [7, 11) is 0. The molecule has 0 aliphatic heterocycles. The zero-order valence-electron chi connectivity index (χ0n) is 7.29. The van der Waals surface area contributed by atoms with Crippen LogP contribution in [0.1, 0.15) is 0 Å². The van der Waals surface area contributed by atoms with Gasteiger partial charge in [0.1, 0.15) is 0 Å². The molecule has 0 unspecified atom stereocenters. The SMILES string of the molecule is C=C(CN)CSc1ccccc1Cl. The van der Waals surface area contributed by atoms with Crippen molar-refractivity contribution in [2.45, 2.75) is 4.90 Å². The summed E-state index contributed by atoms with van der Waals surface area (Å²) >= 11 is 7.64. The third-order valence-electron chi connectivity index (χ3n) is 1.56. The molecular formula is C10H12ClNS. The second-order valence-corrected chi connectivity index (χ2v) is 4.10. The van der Waals surface area contributed by atoms with E-state index in [0.29, 0.717) is 6.54 Å². The number of benzene rings is 1. The summed E-state index contributed by atoms with van der Waals surface area (Å²) < 4.78 is 0. The van der Waals surface area contributed by atoms with Crippen LogP contribution in [0.25, 0.3) is 0 Å². The van der Waals surface area contributed by atoms with Crippen molar-refractivity contribution in [1.82, 2.24) is 0 Å². The van der Waals surface area contributed by atoms with E-state index in [-0.39, 0.29) is 0 Å². The maximum Gasteiger partial charge on any atom is 0.0541 e. The minimum Gasteiger partial charge on any atom is -0.327 e. The van der Waals surface area contributed by atoms with Gasteiger partial charge in [0, 0.05) is 17.2 Å². The lowest BCUT2D eigenvalue weighted by molar-refractivity contribution is 1.15. The van der Waals surface area contributed by atoms with Gasteiger partial charge in [0.25, 0.3) is 0 Å². The fourth-order valence-electron chi connectivity index (χ4n) is 0.801. The van der Waals surface area contributed by atoms with Gasteiger partial charge in [-0.2, -0.15) is 0 Å². The lowest BCUT2D eigenvalue weighted by Crippen LogP contribution is -2.03. The van der Waals surface area contributed by atoms with Gasteiger partial charge in [-0.1, -0.05) is 35.9 Å². The second-order valence-electron chi connectivity index (χ2n) is 2.67. The number of hydrogen-bond acceptors (Lipinski definition) is 2. The molecule has 1 rings (SSSR count). The predicted octanol–water partition coefficient (Wildman–Crippen LogP) is 2.95. The molecule has 0 bridgehead atoms. The molecule has 0 aliphatic rings. The van der Waals surface area contributed by atoms with Crippen LogP contribution in [0.4, 0.5) is 0 Å². The molecule has 0 saturated heterocycles. The van der Waals surface area contributed by atoms with Crippen molar-refractivity contribution in [3.63, 3.8) is 0 Å². The summed E-state index contributed by atoms with van der Waals surface area (Å²) in [6, 6.07) is 7.77. The van der Waals surface area contributed by atoms with Crippen LogP contribution in [-0.4, -0.2) is 12.3 Å². The Morgan fingerprint density at radius 2 is 2.15 bits per heavy atom.